The van der Waals surface area contributed by atoms with E-state index >= 15 is 0 Å². The van der Waals surface area contributed by atoms with Gasteiger partial charge in [-0.15, -0.1) is 0 Å². The number of thioether (sulfide) groups is 1. The van der Waals surface area contributed by atoms with Crippen molar-refractivity contribution in [1.29, 1.82) is 0 Å². The van der Waals surface area contributed by atoms with Gasteiger partial charge in [0.25, 0.3) is 5.91 Å². The Balaban J connectivity index is 1.96. The highest BCUT2D eigenvalue weighted by atomic mass is 79.9. The maximum absolute atomic E-state index is 13.3. The lowest BCUT2D eigenvalue weighted by molar-refractivity contribution is -0.113. The van der Waals surface area contributed by atoms with E-state index in [1.54, 1.807) is 23.1 Å². The van der Waals surface area contributed by atoms with Crippen LogP contribution in [0.2, 0.25) is 0 Å². The second kappa shape index (κ2) is 6.78. The van der Waals surface area contributed by atoms with Crippen molar-refractivity contribution in [3.05, 3.63) is 68.3 Å². The molecule has 2 aromatic rings. The minimum atomic E-state index is -0.338. The van der Waals surface area contributed by atoms with Gasteiger partial charge in [-0.1, -0.05) is 47.7 Å². The van der Waals surface area contributed by atoms with Gasteiger partial charge in [0, 0.05) is 0 Å². The van der Waals surface area contributed by atoms with Gasteiger partial charge in [-0.25, -0.2) is 4.39 Å². The first-order chi connectivity index (χ1) is 11.4. The third kappa shape index (κ3) is 3.31. The van der Waals surface area contributed by atoms with Gasteiger partial charge >= 0.3 is 0 Å². The van der Waals surface area contributed by atoms with Crippen molar-refractivity contribution in [3.8, 4) is 0 Å². The molecule has 0 aromatic heterocycles. The molecule has 0 N–H and O–H groups in total. The summed E-state index contributed by atoms with van der Waals surface area (Å²) in [4.78, 5) is 14.9. The molecule has 1 aliphatic heterocycles. The molecule has 122 valence electrons. The minimum Gasteiger partial charge on any atom is -0.268 e. The molecular weight excluding hydrogens is 409 g/mol. The van der Waals surface area contributed by atoms with Crippen molar-refractivity contribution in [2.24, 2.45) is 0 Å². The third-order valence-electron chi connectivity index (χ3n) is 3.63. The zero-order chi connectivity index (χ0) is 17.4. The molecular formula is C18H13BrFNOS2. The van der Waals surface area contributed by atoms with E-state index < -0.39 is 0 Å². The number of hydrogen-bond donors (Lipinski definition) is 0. The molecule has 0 aliphatic carbocycles. The zero-order valence-electron chi connectivity index (χ0n) is 13.0. The van der Waals surface area contributed by atoms with Crippen LogP contribution in [0.1, 0.15) is 16.7 Å². The van der Waals surface area contributed by atoms with Crippen molar-refractivity contribution in [3.63, 3.8) is 0 Å². The highest BCUT2D eigenvalue weighted by molar-refractivity contribution is 9.10. The Morgan fingerprint density at radius 2 is 1.96 bits per heavy atom. The molecule has 0 atom stereocenters. The number of carbonyl (C=O) groups is 1. The van der Waals surface area contributed by atoms with Crippen molar-refractivity contribution >= 4 is 61.9 Å². The summed E-state index contributed by atoms with van der Waals surface area (Å²) in [5, 5.41) is 0. The van der Waals surface area contributed by atoms with Gasteiger partial charge in [0.2, 0.25) is 0 Å². The number of anilines is 1. The van der Waals surface area contributed by atoms with E-state index in [9.17, 15) is 9.18 Å². The Kier molecular flexibility index (Phi) is 4.90. The lowest BCUT2D eigenvalue weighted by Crippen LogP contribution is -2.28. The maximum Gasteiger partial charge on any atom is 0.270 e. The van der Waals surface area contributed by atoms with Gasteiger partial charge in [0.05, 0.1) is 15.1 Å². The molecule has 1 heterocycles. The van der Waals surface area contributed by atoms with E-state index in [1.165, 1.54) is 17.8 Å². The van der Waals surface area contributed by atoms with Crippen LogP contribution < -0.4 is 4.90 Å². The smallest absolute Gasteiger partial charge is 0.268 e. The number of nitrogens with zero attached hydrogens (tertiary/aromatic N) is 1. The number of hydrogen-bond acceptors (Lipinski definition) is 3. The van der Waals surface area contributed by atoms with Crippen LogP contribution in [0.5, 0.6) is 0 Å². The van der Waals surface area contributed by atoms with Gasteiger partial charge in [-0.2, -0.15) is 0 Å². The summed E-state index contributed by atoms with van der Waals surface area (Å²) in [6, 6.07) is 10.5. The first kappa shape index (κ1) is 17.3. The Labute approximate surface area is 157 Å². The SMILES string of the molecule is Cc1ccc(N2C(=O)/C(=C/c3ccc(F)c(Br)c3)SC2=S)c(C)c1. The number of thiocarbonyl (C=S) groups is 1. The highest BCUT2D eigenvalue weighted by Crippen LogP contribution is 2.37. The van der Waals surface area contributed by atoms with Crippen LogP contribution >= 0.6 is 39.9 Å². The summed E-state index contributed by atoms with van der Waals surface area (Å²) >= 11 is 9.80. The van der Waals surface area contributed by atoms with Crippen LogP contribution in [-0.4, -0.2) is 10.2 Å². The molecule has 1 fully saturated rings. The van der Waals surface area contributed by atoms with Crippen LogP contribution in [0.3, 0.4) is 0 Å². The molecule has 1 saturated heterocycles. The van der Waals surface area contributed by atoms with Crippen LogP contribution in [0.15, 0.2) is 45.8 Å². The maximum atomic E-state index is 13.3. The molecule has 2 nitrogen and oxygen atoms in total. The number of aryl methyl sites for hydroxylation is 2. The molecule has 0 bridgehead atoms. The number of carbonyl (C=O) groups excluding carboxylic acids is 1. The molecule has 0 unspecified atom stereocenters. The summed E-state index contributed by atoms with van der Waals surface area (Å²) in [6.07, 6.45) is 1.73. The van der Waals surface area contributed by atoms with Crippen LogP contribution in [0.4, 0.5) is 10.1 Å². The fourth-order valence-corrected chi connectivity index (χ4v) is 4.17. The highest BCUT2D eigenvalue weighted by Gasteiger charge is 2.34. The van der Waals surface area contributed by atoms with Gasteiger partial charge in [-0.05, 0) is 65.2 Å². The van der Waals surface area contributed by atoms with E-state index in [4.69, 9.17) is 12.2 Å². The van der Waals surface area contributed by atoms with Gasteiger partial charge in [0.15, 0.2) is 4.32 Å². The molecule has 0 spiro atoms. The second-order valence-electron chi connectivity index (χ2n) is 5.48. The van der Waals surface area contributed by atoms with Crippen LogP contribution in [0.25, 0.3) is 6.08 Å². The molecule has 0 saturated carbocycles. The molecule has 2 aromatic carbocycles. The molecule has 3 rings (SSSR count). The largest absolute Gasteiger partial charge is 0.270 e. The standard InChI is InChI=1S/C18H13BrFNOS2/c1-10-3-6-15(11(2)7-10)21-17(22)16(24-18(21)23)9-12-4-5-14(20)13(19)8-12/h3-9H,1-2H3/b16-9-. The fourth-order valence-electron chi connectivity index (χ4n) is 2.49. The number of amides is 1. The van der Waals surface area contributed by atoms with Crippen molar-refractivity contribution < 1.29 is 9.18 Å². The van der Waals surface area contributed by atoms with Crippen molar-refractivity contribution in [2.45, 2.75) is 13.8 Å². The molecule has 6 heteroatoms. The molecule has 1 aliphatic rings. The molecule has 24 heavy (non-hydrogen) atoms. The average molecular weight is 422 g/mol. The predicted octanol–water partition coefficient (Wildman–Crippen LogP) is 5.61. The monoisotopic (exact) mass is 421 g/mol. The topological polar surface area (TPSA) is 20.3 Å². The van der Waals surface area contributed by atoms with Gasteiger partial charge in [0.1, 0.15) is 5.82 Å². The summed E-state index contributed by atoms with van der Waals surface area (Å²) in [7, 11) is 0. The van der Waals surface area contributed by atoms with E-state index in [-0.39, 0.29) is 11.7 Å². The summed E-state index contributed by atoms with van der Waals surface area (Å²) in [6.45, 7) is 3.97. The lowest BCUT2D eigenvalue weighted by atomic mass is 10.1. The fraction of sp³-hybridized carbons (Fsp3) is 0.111. The van der Waals surface area contributed by atoms with Crippen LogP contribution in [-0.2, 0) is 4.79 Å². The lowest BCUT2D eigenvalue weighted by Gasteiger charge is -2.17. The number of halogens is 2. The van der Waals surface area contributed by atoms with E-state index in [1.807, 2.05) is 32.0 Å². The van der Waals surface area contributed by atoms with Gasteiger partial charge in [-0.3, -0.25) is 9.69 Å². The Hall–Kier alpha value is -1.50. The number of rotatable bonds is 2. The average Bonchev–Trinajstić information content (AvgIpc) is 2.78. The first-order valence-electron chi connectivity index (χ1n) is 7.17. The van der Waals surface area contributed by atoms with Crippen molar-refractivity contribution in [2.75, 3.05) is 4.90 Å². The minimum absolute atomic E-state index is 0.155. The normalized spacial score (nSPS) is 16.3. The van der Waals surface area contributed by atoms with E-state index in [2.05, 4.69) is 15.9 Å². The summed E-state index contributed by atoms with van der Waals surface area (Å²) in [5.74, 6) is -0.493. The predicted molar refractivity (Wildman–Crippen MR) is 106 cm³/mol. The van der Waals surface area contributed by atoms with E-state index in [0.717, 1.165) is 22.4 Å². The molecule has 1 amide bonds. The Bertz CT molecular complexity index is 895. The number of benzene rings is 2. The zero-order valence-corrected chi connectivity index (χ0v) is 16.2. The Morgan fingerprint density at radius 1 is 1.21 bits per heavy atom. The first-order valence-corrected chi connectivity index (χ1v) is 9.19. The summed E-state index contributed by atoms with van der Waals surface area (Å²) in [5.41, 5.74) is 3.67. The van der Waals surface area contributed by atoms with Crippen LogP contribution in [0, 0.1) is 19.7 Å². The Morgan fingerprint density at radius 3 is 2.62 bits per heavy atom. The summed E-state index contributed by atoms with van der Waals surface area (Å²) < 4.78 is 14.2. The van der Waals surface area contributed by atoms with E-state index in [0.29, 0.717) is 13.7 Å². The molecule has 0 radical (unpaired) electrons. The van der Waals surface area contributed by atoms with Crippen molar-refractivity contribution in [1.82, 2.24) is 0 Å². The van der Waals surface area contributed by atoms with Gasteiger partial charge < -0.3 is 0 Å². The quantitative estimate of drug-likeness (QED) is 0.464. The second-order valence-corrected chi connectivity index (χ2v) is 8.01. The third-order valence-corrected chi connectivity index (χ3v) is 5.54.